The minimum absolute atomic E-state index is 0.00771. The van der Waals surface area contributed by atoms with Crippen LogP contribution in [-0.2, 0) is 16.6 Å². The normalized spacial score (nSPS) is 22.0. The molecule has 1 saturated heterocycles. The Balaban J connectivity index is 1.59. The first-order chi connectivity index (χ1) is 19.3. The van der Waals surface area contributed by atoms with Crippen molar-refractivity contribution in [3.63, 3.8) is 0 Å². The molecule has 220 valence electrons. The van der Waals surface area contributed by atoms with E-state index in [-0.39, 0.29) is 19.1 Å². The number of benzene rings is 3. The third-order valence-corrected chi connectivity index (χ3v) is 7.64. The molecule has 1 N–H and O–H groups in total. The SMILES string of the molecule is CC1CN(c2cccc(CC3(c4cccc(OC(F)(F)F)c4)CN(C[C@@H](O)C(F)(F)F)c4ccccc43)c2)CCO1. The van der Waals surface area contributed by atoms with Crippen molar-refractivity contribution in [1.29, 1.82) is 0 Å². The molecule has 2 heterocycles. The Morgan fingerprint density at radius 3 is 2.49 bits per heavy atom. The average molecular weight is 581 g/mol. The van der Waals surface area contributed by atoms with Gasteiger partial charge in [-0.15, -0.1) is 13.2 Å². The Morgan fingerprint density at radius 2 is 1.76 bits per heavy atom. The van der Waals surface area contributed by atoms with E-state index in [1.54, 1.807) is 30.3 Å². The second-order valence-electron chi connectivity index (χ2n) is 10.6. The van der Waals surface area contributed by atoms with Gasteiger partial charge in [0.1, 0.15) is 5.75 Å². The van der Waals surface area contributed by atoms with Gasteiger partial charge in [0, 0.05) is 36.4 Å². The summed E-state index contributed by atoms with van der Waals surface area (Å²) in [6, 6.07) is 20.3. The van der Waals surface area contributed by atoms with Crippen molar-refractivity contribution in [1.82, 2.24) is 0 Å². The van der Waals surface area contributed by atoms with E-state index in [0.717, 1.165) is 11.3 Å². The zero-order valence-corrected chi connectivity index (χ0v) is 22.3. The Labute approximate surface area is 233 Å². The van der Waals surface area contributed by atoms with Crippen molar-refractivity contribution in [2.75, 3.05) is 42.6 Å². The molecule has 0 saturated carbocycles. The van der Waals surface area contributed by atoms with Gasteiger partial charge in [0.15, 0.2) is 6.10 Å². The van der Waals surface area contributed by atoms with Crippen molar-refractivity contribution >= 4 is 11.4 Å². The van der Waals surface area contributed by atoms with Gasteiger partial charge in [0.05, 0.1) is 19.3 Å². The van der Waals surface area contributed by atoms with Gasteiger partial charge in [-0.2, -0.15) is 13.2 Å². The van der Waals surface area contributed by atoms with Crippen LogP contribution in [0.4, 0.5) is 37.7 Å². The second-order valence-corrected chi connectivity index (χ2v) is 10.6. The molecule has 0 spiro atoms. The molecule has 3 aromatic rings. The first-order valence-corrected chi connectivity index (χ1v) is 13.3. The molecule has 5 nitrogen and oxygen atoms in total. The summed E-state index contributed by atoms with van der Waals surface area (Å²) < 4.78 is 89.4. The molecule has 11 heteroatoms. The van der Waals surface area contributed by atoms with Crippen LogP contribution in [0.25, 0.3) is 0 Å². The lowest BCUT2D eigenvalue weighted by atomic mass is 9.71. The van der Waals surface area contributed by atoms with Crippen molar-refractivity contribution < 1.29 is 40.9 Å². The van der Waals surface area contributed by atoms with E-state index in [1.807, 2.05) is 31.2 Å². The summed E-state index contributed by atoms with van der Waals surface area (Å²) in [6.45, 7) is 3.24. The van der Waals surface area contributed by atoms with Crippen LogP contribution in [0.15, 0.2) is 72.8 Å². The van der Waals surface area contributed by atoms with Crippen LogP contribution in [0.1, 0.15) is 23.6 Å². The highest BCUT2D eigenvalue weighted by molar-refractivity contribution is 5.67. The Hall–Kier alpha value is -3.44. The fourth-order valence-corrected chi connectivity index (χ4v) is 5.88. The van der Waals surface area contributed by atoms with Gasteiger partial charge < -0.3 is 24.4 Å². The first-order valence-electron chi connectivity index (χ1n) is 13.3. The minimum Gasteiger partial charge on any atom is -0.406 e. The molecule has 0 aromatic heterocycles. The van der Waals surface area contributed by atoms with Gasteiger partial charge in [0.2, 0.25) is 0 Å². The minimum atomic E-state index is -4.91. The van der Waals surface area contributed by atoms with Gasteiger partial charge in [-0.1, -0.05) is 42.5 Å². The summed E-state index contributed by atoms with van der Waals surface area (Å²) in [5, 5.41) is 9.95. The number of aliphatic hydroxyl groups excluding tert-OH is 1. The second kappa shape index (κ2) is 11.1. The van der Waals surface area contributed by atoms with Crippen LogP contribution in [0.2, 0.25) is 0 Å². The number of alkyl halides is 6. The van der Waals surface area contributed by atoms with Gasteiger partial charge in [-0.25, -0.2) is 0 Å². The number of hydrogen-bond donors (Lipinski definition) is 1. The molecule has 0 aliphatic carbocycles. The topological polar surface area (TPSA) is 45.2 Å². The standard InChI is InChI=1S/C30H30F6N2O3/c1-20-17-37(12-13-40-20)23-8-4-6-21(14-23)16-28(22-7-5-9-24(15-22)41-30(34,35)36)19-38(18-27(39)29(31,32)33)26-11-3-2-10-25(26)28/h2-11,14-15,20,27,39H,12-13,16-19H2,1H3/t20?,27-,28?/m1/s1. The lowest BCUT2D eigenvalue weighted by Crippen LogP contribution is -2.44. The van der Waals surface area contributed by atoms with E-state index < -0.39 is 36.4 Å². The highest BCUT2D eigenvalue weighted by atomic mass is 19.4. The van der Waals surface area contributed by atoms with Crippen molar-refractivity contribution in [3.8, 4) is 5.75 Å². The number of halogens is 6. The number of para-hydroxylation sites is 1. The first kappa shape index (κ1) is 29.1. The van der Waals surface area contributed by atoms with Gasteiger partial charge >= 0.3 is 12.5 Å². The summed E-state index contributed by atoms with van der Waals surface area (Å²) in [6.07, 6.45) is -12.0. The number of anilines is 2. The van der Waals surface area contributed by atoms with Crippen LogP contribution < -0.4 is 14.5 Å². The predicted molar refractivity (Wildman–Crippen MR) is 142 cm³/mol. The Bertz CT molecular complexity index is 1360. The fraction of sp³-hybridized carbons (Fsp3) is 0.400. The van der Waals surface area contributed by atoms with Gasteiger partial charge in [0.25, 0.3) is 0 Å². The predicted octanol–water partition coefficient (Wildman–Crippen LogP) is 6.08. The summed E-state index contributed by atoms with van der Waals surface area (Å²) in [5.41, 5.74) is 2.37. The maximum absolute atomic E-state index is 13.4. The number of ether oxygens (including phenoxy) is 2. The molecule has 0 radical (unpaired) electrons. The Kier molecular flexibility index (Phi) is 7.86. The molecule has 5 rings (SSSR count). The molecular formula is C30H30F6N2O3. The van der Waals surface area contributed by atoms with E-state index in [2.05, 4.69) is 9.64 Å². The third-order valence-electron chi connectivity index (χ3n) is 7.64. The van der Waals surface area contributed by atoms with Crippen molar-refractivity contribution in [2.24, 2.45) is 0 Å². The van der Waals surface area contributed by atoms with E-state index in [9.17, 15) is 31.4 Å². The number of hydrogen-bond acceptors (Lipinski definition) is 5. The molecule has 1 fully saturated rings. The number of fused-ring (bicyclic) bond motifs is 1. The largest absolute Gasteiger partial charge is 0.573 e. The summed E-state index contributed by atoms with van der Waals surface area (Å²) in [7, 11) is 0. The van der Waals surface area contributed by atoms with E-state index >= 15 is 0 Å². The third kappa shape index (κ3) is 6.41. The number of rotatable bonds is 7. The van der Waals surface area contributed by atoms with E-state index in [4.69, 9.17) is 4.74 Å². The van der Waals surface area contributed by atoms with Crippen LogP contribution in [0.5, 0.6) is 5.75 Å². The fourth-order valence-electron chi connectivity index (χ4n) is 5.88. The molecule has 3 aromatic carbocycles. The smallest absolute Gasteiger partial charge is 0.406 e. The maximum atomic E-state index is 13.4. The van der Waals surface area contributed by atoms with Gasteiger partial charge in [-0.05, 0) is 60.4 Å². The summed E-state index contributed by atoms with van der Waals surface area (Å²) >= 11 is 0. The molecule has 2 aliphatic rings. The van der Waals surface area contributed by atoms with Crippen molar-refractivity contribution in [3.05, 3.63) is 89.5 Å². The Morgan fingerprint density at radius 1 is 1.00 bits per heavy atom. The molecule has 3 atom stereocenters. The highest BCUT2D eigenvalue weighted by Gasteiger charge is 2.47. The quantitative estimate of drug-likeness (QED) is 0.343. The van der Waals surface area contributed by atoms with E-state index in [0.29, 0.717) is 36.5 Å². The average Bonchev–Trinajstić information content (AvgIpc) is 3.21. The molecule has 2 unspecified atom stereocenters. The van der Waals surface area contributed by atoms with E-state index in [1.165, 1.54) is 23.1 Å². The maximum Gasteiger partial charge on any atom is 0.573 e. The molecule has 41 heavy (non-hydrogen) atoms. The monoisotopic (exact) mass is 580 g/mol. The number of nitrogens with zero attached hydrogens (tertiary/aromatic N) is 2. The summed E-state index contributed by atoms with van der Waals surface area (Å²) in [5.74, 6) is -0.420. The lowest BCUT2D eigenvalue weighted by molar-refractivity contribution is -0.274. The van der Waals surface area contributed by atoms with Crippen LogP contribution in [0.3, 0.4) is 0 Å². The number of aliphatic hydroxyl groups is 1. The number of morpholine rings is 1. The highest BCUT2D eigenvalue weighted by Crippen LogP contribution is 2.48. The zero-order valence-electron chi connectivity index (χ0n) is 22.3. The molecule has 0 amide bonds. The molecule has 0 bridgehead atoms. The van der Waals surface area contributed by atoms with Crippen molar-refractivity contribution in [2.45, 2.75) is 43.5 Å². The zero-order chi connectivity index (χ0) is 29.4. The lowest BCUT2D eigenvalue weighted by Gasteiger charge is -2.35. The molecular weight excluding hydrogens is 550 g/mol. The van der Waals surface area contributed by atoms with Crippen LogP contribution >= 0.6 is 0 Å². The molecule has 2 aliphatic heterocycles. The van der Waals surface area contributed by atoms with Crippen LogP contribution in [-0.4, -0.2) is 62.6 Å². The number of β-amino-alcohol motifs (C(OH)–C–C–N with tert-alkyl or cyclic N) is 1. The summed E-state index contributed by atoms with van der Waals surface area (Å²) in [4.78, 5) is 3.65. The van der Waals surface area contributed by atoms with Gasteiger partial charge in [-0.3, -0.25) is 0 Å². The van der Waals surface area contributed by atoms with Crippen LogP contribution in [0, 0.1) is 0 Å².